The molecule has 25 heavy (non-hydrogen) atoms. The molecule has 0 atom stereocenters. The Balaban J connectivity index is 0.00000312. The number of hydrogen-bond acceptors (Lipinski definition) is 5. The van der Waals surface area contributed by atoms with Crippen molar-refractivity contribution in [3.63, 3.8) is 0 Å². The Bertz CT molecular complexity index is 1030. The minimum atomic E-state index is -4.08. The largest absolute Gasteiger partial charge is 0.396 e. The number of rotatable bonds is 4. The fourth-order valence-electron chi connectivity index (χ4n) is 2.12. The van der Waals surface area contributed by atoms with Gasteiger partial charge in [-0.05, 0) is 23.8 Å². The van der Waals surface area contributed by atoms with Crippen molar-refractivity contribution in [1.82, 2.24) is 0 Å². The number of sulfonamides is 1. The van der Waals surface area contributed by atoms with E-state index in [1.54, 1.807) is 0 Å². The second kappa shape index (κ2) is 7.33. The molecule has 11 heteroatoms. The van der Waals surface area contributed by atoms with Crippen molar-refractivity contribution in [2.75, 3.05) is 23.0 Å². The molecule has 0 heterocycles. The Kier molecular flexibility index (Phi) is 6.29. The van der Waals surface area contributed by atoms with Gasteiger partial charge >= 0.3 is 0 Å². The maximum atomic E-state index is 14.6. The van der Waals surface area contributed by atoms with E-state index in [1.807, 2.05) is 4.72 Å². The van der Waals surface area contributed by atoms with Gasteiger partial charge in [-0.15, -0.1) is 0 Å². The average molecular weight is 383 g/mol. The van der Waals surface area contributed by atoms with Crippen molar-refractivity contribution in [2.45, 2.75) is 4.90 Å². The van der Waals surface area contributed by atoms with Crippen LogP contribution in [-0.2, 0) is 19.9 Å². The number of nitrogens with one attached hydrogen (secondary N) is 1. The number of sulfone groups is 1. The van der Waals surface area contributed by atoms with Crippen LogP contribution in [-0.4, -0.2) is 48.2 Å². The fraction of sp³-hybridized carbons (Fsp3) is 0.143. The Hall–Kier alpha value is -1.60. The average Bonchev–Trinajstić information content (AvgIpc) is 2.41. The molecule has 0 saturated carbocycles. The van der Waals surface area contributed by atoms with Gasteiger partial charge in [-0.1, -0.05) is 12.1 Å². The first kappa shape index (κ1) is 21.4. The Morgan fingerprint density at radius 3 is 2.08 bits per heavy atom. The van der Waals surface area contributed by atoms with Crippen LogP contribution < -0.4 is 10.5 Å². The van der Waals surface area contributed by atoms with E-state index in [2.05, 4.69) is 0 Å². The summed E-state index contributed by atoms with van der Waals surface area (Å²) in [6, 6.07) is 5.79. The smallest absolute Gasteiger partial charge is 0.229 e. The standard InChI is InChI=1S/C14H14F2N2O4S2.Li/c1-23(19,20)14-9(8-3-5-11(17)10(15)7-8)4-6-12(13(14)16)18-24(2,21)22;/h3-7,18H,17H2,1-2H3;. The third-order valence-corrected chi connectivity index (χ3v) is 4.81. The number of benzene rings is 2. The van der Waals surface area contributed by atoms with Crippen LogP contribution in [0.15, 0.2) is 35.2 Å². The minimum absolute atomic E-state index is 0. The number of nitrogen functional groups attached to an aromatic ring is 1. The molecular weight excluding hydrogens is 369 g/mol. The van der Waals surface area contributed by atoms with Gasteiger partial charge < -0.3 is 5.73 Å². The molecule has 2 aromatic carbocycles. The molecule has 131 valence electrons. The van der Waals surface area contributed by atoms with E-state index in [-0.39, 0.29) is 35.7 Å². The Morgan fingerprint density at radius 1 is 1.00 bits per heavy atom. The van der Waals surface area contributed by atoms with Crippen molar-refractivity contribution in [2.24, 2.45) is 0 Å². The molecule has 0 aromatic heterocycles. The maximum Gasteiger partial charge on any atom is 0.229 e. The molecule has 0 aliphatic heterocycles. The van der Waals surface area contributed by atoms with E-state index in [4.69, 9.17) is 5.73 Å². The summed E-state index contributed by atoms with van der Waals surface area (Å²) in [5.74, 6) is -2.05. The summed E-state index contributed by atoms with van der Waals surface area (Å²) in [6.07, 6.45) is 1.57. The van der Waals surface area contributed by atoms with Crippen molar-refractivity contribution in [3.8, 4) is 11.1 Å². The monoisotopic (exact) mass is 383 g/mol. The normalized spacial score (nSPS) is 11.7. The molecule has 0 aliphatic rings. The second-order valence-electron chi connectivity index (χ2n) is 5.19. The van der Waals surface area contributed by atoms with Gasteiger partial charge in [0.25, 0.3) is 0 Å². The molecule has 2 aromatic rings. The first-order valence-corrected chi connectivity index (χ1v) is 10.2. The summed E-state index contributed by atoms with van der Waals surface area (Å²) in [5.41, 5.74) is 4.70. The zero-order valence-electron chi connectivity index (χ0n) is 13.7. The van der Waals surface area contributed by atoms with E-state index in [0.29, 0.717) is 0 Å². The molecule has 0 unspecified atom stereocenters. The summed E-state index contributed by atoms with van der Waals surface area (Å²) in [5, 5.41) is 0. The van der Waals surface area contributed by atoms with Gasteiger partial charge in [0.1, 0.15) is 10.7 Å². The number of halogens is 2. The van der Waals surface area contributed by atoms with Crippen molar-refractivity contribution < 1.29 is 25.6 Å². The zero-order valence-corrected chi connectivity index (χ0v) is 15.3. The van der Waals surface area contributed by atoms with Crippen molar-refractivity contribution >= 4 is 50.1 Å². The number of anilines is 2. The Morgan fingerprint density at radius 2 is 1.60 bits per heavy atom. The summed E-state index contributed by atoms with van der Waals surface area (Å²) in [7, 11) is -7.89. The first-order valence-electron chi connectivity index (χ1n) is 6.46. The molecule has 3 N–H and O–H groups in total. The topological polar surface area (TPSA) is 106 Å². The summed E-state index contributed by atoms with van der Waals surface area (Å²) >= 11 is 0. The Labute approximate surface area is 156 Å². The predicted molar refractivity (Wildman–Crippen MR) is 93.5 cm³/mol. The third-order valence-electron chi connectivity index (χ3n) is 3.07. The number of nitrogens with two attached hydrogens (primary N) is 1. The van der Waals surface area contributed by atoms with Crippen LogP contribution in [0.25, 0.3) is 11.1 Å². The van der Waals surface area contributed by atoms with Gasteiger partial charge in [-0.2, -0.15) is 0 Å². The van der Waals surface area contributed by atoms with Gasteiger partial charge in [0.2, 0.25) is 10.0 Å². The molecule has 0 bridgehead atoms. The van der Waals surface area contributed by atoms with Crippen LogP contribution in [0.5, 0.6) is 0 Å². The van der Waals surface area contributed by atoms with Gasteiger partial charge in [-0.25, -0.2) is 25.6 Å². The second-order valence-corrected chi connectivity index (χ2v) is 8.89. The molecule has 2 rings (SSSR count). The SMILES string of the molecule is CS(=O)(=O)Nc1ccc(-c2ccc(N)c(F)c2)c(S(C)(=O)=O)c1F.[Li]. The molecule has 0 fully saturated rings. The van der Waals surface area contributed by atoms with Gasteiger partial charge in [0.15, 0.2) is 15.7 Å². The van der Waals surface area contributed by atoms with Gasteiger partial charge in [0.05, 0.1) is 17.6 Å². The molecule has 0 amide bonds. The summed E-state index contributed by atoms with van der Waals surface area (Å²) in [4.78, 5) is -0.736. The van der Waals surface area contributed by atoms with Gasteiger partial charge in [-0.3, -0.25) is 4.72 Å². The quantitative estimate of drug-likeness (QED) is 0.616. The summed E-state index contributed by atoms with van der Waals surface area (Å²) < 4.78 is 76.6. The maximum absolute atomic E-state index is 14.6. The molecule has 1 radical (unpaired) electrons. The van der Waals surface area contributed by atoms with Crippen LogP contribution in [0.1, 0.15) is 0 Å². The van der Waals surface area contributed by atoms with E-state index in [1.165, 1.54) is 18.2 Å². The molecule has 0 spiro atoms. The fourth-order valence-corrected chi connectivity index (χ4v) is 3.70. The molecule has 0 saturated heterocycles. The summed E-state index contributed by atoms with van der Waals surface area (Å²) in [6.45, 7) is 0. The van der Waals surface area contributed by atoms with Crippen LogP contribution >= 0.6 is 0 Å². The van der Waals surface area contributed by atoms with Crippen LogP contribution in [0, 0.1) is 11.6 Å². The predicted octanol–water partition coefficient (Wildman–Crippen LogP) is 1.61. The molecular formula is C14H14F2LiN2O4S2. The van der Waals surface area contributed by atoms with Crippen molar-refractivity contribution in [3.05, 3.63) is 42.0 Å². The van der Waals surface area contributed by atoms with E-state index in [0.717, 1.165) is 24.6 Å². The van der Waals surface area contributed by atoms with Crippen molar-refractivity contribution in [1.29, 1.82) is 0 Å². The van der Waals surface area contributed by atoms with Crippen LogP contribution in [0.3, 0.4) is 0 Å². The molecule has 6 nitrogen and oxygen atoms in total. The van der Waals surface area contributed by atoms with Gasteiger partial charge in [0, 0.05) is 30.7 Å². The van der Waals surface area contributed by atoms with E-state index >= 15 is 0 Å². The third kappa shape index (κ3) is 4.95. The van der Waals surface area contributed by atoms with Crippen LogP contribution in [0.4, 0.5) is 20.2 Å². The van der Waals surface area contributed by atoms with E-state index in [9.17, 15) is 25.6 Å². The van der Waals surface area contributed by atoms with Crippen LogP contribution in [0.2, 0.25) is 0 Å². The number of hydrogen-bond donors (Lipinski definition) is 2. The molecule has 0 aliphatic carbocycles. The minimum Gasteiger partial charge on any atom is -0.396 e. The zero-order chi connectivity index (χ0) is 18.3. The van der Waals surface area contributed by atoms with E-state index < -0.39 is 42.1 Å². The first-order chi connectivity index (χ1) is 10.9.